The van der Waals surface area contributed by atoms with Gasteiger partial charge in [-0.15, -0.1) is 35.3 Å². The number of fused-ring (bicyclic) bond motifs is 1. The average Bonchev–Trinajstić information content (AvgIpc) is 3.20. The standard InChI is InChI=1S/C18H22N6OS.HI/c19-17(23-6-8-24(9-7-23)18-20-5-10-26-18)21-12-13-11-16(25)22-15-4-2-1-3-14(13)15;/h1-5,10,13H,6-9,11-12H2,(H2,19,21)(H,22,25);1H. The lowest BCUT2D eigenvalue weighted by Gasteiger charge is -2.35. The minimum absolute atomic E-state index is 0. The van der Waals surface area contributed by atoms with Gasteiger partial charge in [-0.1, -0.05) is 18.2 Å². The maximum atomic E-state index is 11.9. The van der Waals surface area contributed by atoms with Crippen molar-refractivity contribution in [2.45, 2.75) is 12.3 Å². The number of carbonyl (C=O) groups is 1. The third kappa shape index (κ3) is 4.52. The van der Waals surface area contributed by atoms with Gasteiger partial charge in [0.15, 0.2) is 11.1 Å². The van der Waals surface area contributed by atoms with Crippen LogP contribution in [0.5, 0.6) is 0 Å². The molecule has 1 unspecified atom stereocenters. The van der Waals surface area contributed by atoms with Crippen LogP contribution in [0.15, 0.2) is 40.8 Å². The Morgan fingerprint density at radius 2 is 2.07 bits per heavy atom. The number of hydrogen-bond donors (Lipinski definition) is 2. The lowest BCUT2D eigenvalue weighted by molar-refractivity contribution is -0.116. The molecule has 1 amide bonds. The van der Waals surface area contributed by atoms with E-state index in [0.717, 1.165) is 42.6 Å². The molecule has 3 heterocycles. The molecule has 4 rings (SSSR count). The van der Waals surface area contributed by atoms with Crippen molar-refractivity contribution in [3.05, 3.63) is 41.4 Å². The van der Waals surface area contributed by atoms with Crippen LogP contribution >= 0.6 is 35.3 Å². The molecule has 27 heavy (non-hydrogen) atoms. The van der Waals surface area contributed by atoms with E-state index in [1.807, 2.05) is 29.8 Å². The number of halogens is 1. The third-order valence-electron chi connectivity index (χ3n) is 4.87. The van der Waals surface area contributed by atoms with Gasteiger partial charge in [-0.3, -0.25) is 9.79 Å². The Hall–Kier alpha value is -1.88. The molecule has 2 aromatic rings. The SMILES string of the molecule is I.NC(=NCC1CC(=O)Nc2ccccc21)N1CCN(c2nccs2)CC1. The second-order valence-corrected chi connectivity index (χ2v) is 7.40. The third-order valence-corrected chi connectivity index (χ3v) is 5.71. The van der Waals surface area contributed by atoms with Crippen molar-refractivity contribution in [2.24, 2.45) is 10.7 Å². The lowest BCUT2D eigenvalue weighted by atomic mass is 9.91. The van der Waals surface area contributed by atoms with Gasteiger partial charge in [0.2, 0.25) is 5.91 Å². The molecule has 1 saturated heterocycles. The summed E-state index contributed by atoms with van der Waals surface area (Å²) in [6.45, 7) is 3.97. The van der Waals surface area contributed by atoms with Gasteiger partial charge in [-0.25, -0.2) is 4.98 Å². The fourth-order valence-corrected chi connectivity index (χ4v) is 4.16. The molecular formula is C18H23IN6OS. The smallest absolute Gasteiger partial charge is 0.225 e. The van der Waals surface area contributed by atoms with Crippen LogP contribution in [0.25, 0.3) is 0 Å². The minimum Gasteiger partial charge on any atom is -0.370 e. The van der Waals surface area contributed by atoms with Crippen LogP contribution in [-0.2, 0) is 4.79 Å². The number of hydrogen-bond acceptors (Lipinski definition) is 5. The van der Waals surface area contributed by atoms with Crippen molar-refractivity contribution in [3.8, 4) is 0 Å². The number of anilines is 2. The maximum Gasteiger partial charge on any atom is 0.225 e. The highest BCUT2D eigenvalue weighted by atomic mass is 127. The average molecular weight is 498 g/mol. The number of carbonyl (C=O) groups excluding carboxylic acids is 1. The summed E-state index contributed by atoms with van der Waals surface area (Å²) >= 11 is 1.66. The molecule has 1 fully saturated rings. The van der Waals surface area contributed by atoms with Crippen molar-refractivity contribution in [1.82, 2.24) is 9.88 Å². The number of amides is 1. The molecule has 3 N–H and O–H groups in total. The molecule has 144 valence electrons. The van der Waals surface area contributed by atoms with E-state index in [4.69, 9.17) is 5.73 Å². The molecule has 1 atom stereocenters. The van der Waals surface area contributed by atoms with Crippen LogP contribution in [0.4, 0.5) is 10.8 Å². The number of benzene rings is 1. The number of nitrogens with two attached hydrogens (primary N) is 1. The van der Waals surface area contributed by atoms with Gasteiger partial charge in [0, 0.05) is 55.8 Å². The molecule has 7 nitrogen and oxygen atoms in total. The van der Waals surface area contributed by atoms with E-state index >= 15 is 0 Å². The summed E-state index contributed by atoms with van der Waals surface area (Å²) in [5.74, 6) is 0.682. The zero-order valence-electron chi connectivity index (χ0n) is 14.9. The predicted molar refractivity (Wildman–Crippen MR) is 120 cm³/mol. The second-order valence-electron chi connectivity index (χ2n) is 6.52. The van der Waals surface area contributed by atoms with E-state index in [-0.39, 0.29) is 35.8 Å². The van der Waals surface area contributed by atoms with Gasteiger partial charge in [-0.05, 0) is 11.6 Å². The summed E-state index contributed by atoms with van der Waals surface area (Å²) in [6.07, 6.45) is 2.28. The molecule has 0 aliphatic carbocycles. The van der Waals surface area contributed by atoms with Crippen molar-refractivity contribution in [1.29, 1.82) is 0 Å². The quantitative estimate of drug-likeness (QED) is 0.386. The number of rotatable bonds is 3. The summed E-state index contributed by atoms with van der Waals surface area (Å²) in [5.41, 5.74) is 8.25. The number of piperazine rings is 1. The largest absolute Gasteiger partial charge is 0.370 e. The van der Waals surface area contributed by atoms with Crippen molar-refractivity contribution in [3.63, 3.8) is 0 Å². The highest BCUT2D eigenvalue weighted by molar-refractivity contribution is 14.0. The zero-order valence-corrected chi connectivity index (χ0v) is 18.0. The number of nitrogens with one attached hydrogen (secondary N) is 1. The van der Waals surface area contributed by atoms with Gasteiger partial charge in [-0.2, -0.15) is 0 Å². The Bertz CT molecular complexity index is 804. The van der Waals surface area contributed by atoms with E-state index < -0.39 is 0 Å². The van der Waals surface area contributed by atoms with Crippen molar-refractivity contribution in [2.75, 3.05) is 42.9 Å². The summed E-state index contributed by atoms with van der Waals surface area (Å²) < 4.78 is 0. The van der Waals surface area contributed by atoms with Crippen LogP contribution in [0.3, 0.4) is 0 Å². The van der Waals surface area contributed by atoms with Crippen LogP contribution < -0.4 is 16.0 Å². The molecule has 0 spiro atoms. The molecule has 0 radical (unpaired) electrons. The first-order valence-corrected chi connectivity index (χ1v) is 9.67. The molecule has 0 bridgehead atoms. The highest BCUT2D eigenvalue weighted by Crippen LogP contribution is 2.32. The summed E-state index contributed by atoms with van der Waals surface area (Å²) in [7, 11) is 0. The number of aromatic nitrogens is 1. The predicted octanol–water partition coefficient (Wildman–Crippen LogP) is 2.32. The first-order chi connectivity index (χ1) is 12.7. The lowest BCUT2D eigenvalue weighted by Crippen LogP contribution is -2.51. The van der Waals surface area contributed by atoms with Gasteiger partial charge in [0.25, 0.3) is 0 Å². The van der Waals surface area contributed by atoms with Gasteiger partial charge in [0.1, 0.15) is 0 Å². The molecule has 0 saturated carbocycles. The zero-order chi connectivity index (χ0) is 17.9. The van der Waals surface area contributed by atoms with Gasteiger partial charge >= 0.3 is 0 Å². The summed E-state index contributed by atoms with van der Waals surface area (Å²) in [6, 6.07) is 7.91. The molecule has 2 aliphatic heterocycles. The van der Waals surface area contributed by atoms with Crippen molar-refractivity contribution < 1.29 is 4.79 Å². The number of guanidine groups is 1. The number of nitrogens with zero attached hydrogens (tertiary/aromatic N) is 4. The Balaban J connectivity index is 0.00000210. The minimum atomic E-state index is 0. The molecular weight excluding hydrogens is 475 g/mol. The number of thiazole rings is 1. The fourth-order valence-electron chi connectivity index (χ4n) is 3.47. The molecule has 1 aromatic heterocycles. The molecule has 2 aliphatic rings. The van der Waals surface area contributed by atoms with E-state index in [1.165, 1.54) is 0 Å². The summed E-state index contributed by atoms with van der Waals surface area (Å²) in [5, 5.41) is 5.98. The Morgan fingerprint density at radius 1 is 1.30 bits per heavy atom. The number of para-hydroxylation sites is 1. The molecule has 1 aromatic carbocycles. The van der Waals surface area contributed by atoms with Gasteiger partial charge < -0.3 is 20.9 Å². The first kappa shape index (κ1) is 19.9. The highest BCUT2D eigenvalue weighted by Gasteiger charge is 2.25. The summed E-state index contributed by atoms with van der Waals surface area (Å²) in [4.78, 5) is 25.3. The maximum absolute atomic E-state index is 11.9. The topological polar surface area (TPSA) is 86.8 Å². The monoisotopic (exact) mass is 498 g/mol. The van der Waals surface area contributed by atoms with Crippen LogP contribution in [0.2, 0.25) is 0 Å². The Labute approximate surface area is 179 Å². The Morgan fingerprint density at radius 3 is 2.81 bits per heavy atom. The fraction of sp³-hybridized carbons (Fsp3) is 0.389. The normalized spacial score (nSPS) is 19.9. The number of aliphatic imine (C=N–C) groups is 1. The van der Waals surface area contributed by atoms with Crippen LogP contribution in [0, 0.1) is 0 Å². The van der Waals surface area contributed by atoms with Crippen LogP contribution in [0.1, 0.15) is 17.9 Å². The van der Waals surface area contributed by atoms with E-state index in [1.54, 1.807) is 11.3 Å². The van der Waals surface area contributed by atoms with Crippen LogP contribution in [-0.4, -0.2) is 54.5 Å². The van der Waals surface area contributed by atoms with Crippen molar-refractivity contribution >= 4 is 58.0 Å². The first-order valence-electron chi connectivity index (χ1n) is 8.79. The Kier molecular flexibility index (Phi) is 6.53. The van der Waals surface area contributed by atoms with Gasteiger partial charge in [0.05, 0.1) is 6.54 Å². The van der Waals surface area contributed by atoms with E-state index in [0.29, 0.717) is 18.9 Å². The second kappa shape index (κ2) is 8.87. The van der Waals surface area contributed by atoms with E-state index in [9.17, 15) is 4.79 Å². The van der Waals surface area contributed by atoms with E-state index in [2.05, 4.69) is 31.2 Å². The molecule has 9 heteroatoms.